The molecule has 5 heteroatoms. The topological polar surface area (TPSA) is 73.4 Å². The first-order chi connectivity index (χ1) is 10.2. The Kier molecular flexibility index (Phi) is 3.75. The van der Waals surface area contributed by atoms with Gasteiger partial charge >= 0.3 is 0 Å². The second-order valence-electron chi connectivity index (χ2n) is 5.52. The molecule has 1 aliphatic rings. The Labute approximate surface area is 122 Å². The van der Waals surface area contributed by atoms with Crippen LogP contribution in [0.2, 0.25) is 0 Å². The summed E-state index contributed by atoms with van der Waals surface area (Å²) in [6.45, 7) is 1.24. The number of aromatic amines is 1. The van der Waals surface area contributed by atoms with Crippen LogP contribution in [0.3, 0.4) is 0 Å². The van der Waals surface area contributed by atoms with E-state index in [2.05, 4.69) is 4.98 Å². The Balaban J connectivity index is 1.94. The predicted octanol–water partition coefficient (Wildman–Crippen LogP) is 1.37. The molecule has 1 saturated heterocycles. The maximum absolute atomic E-state index is 12.6. The number of benzene rings is 1. The Morgan fingerprint density at radius 1 is 1.38 bits per heavy atom. The second-order valence-corrected chi connectivity index (χ2v) is 5.52. The van der Waals surface area contributed by atoms with Gasteiger partial charge in [-0.3, -0.25) is 9.59 Å². The van der Waals surface area contributed by atoms with Gasteiger partial charge < -0.3 is 15.0 Å². The number of carbonyl (C=O) groups excluding carboxylic acids is 1. The quantitative estimate of drug-likeness (QED) is 0.875. The molecule has 0 radical (unpaired) electrons. The van der Waals surface area contributed by atoms with Crippen molar-refractivity contribution in [1.82, 2.24) is 9.88 Å². The van der Waals surface area contributed by atoms with Gasteiger partial charge in [0.15, 0.2) is 0 Å². The molecule has 3 rings (SSSR count). The van der Waals surface area contributed by atoms with E-state index in [-0.39, 0.29) is 29.4 Å². The lowest BCUT2D eigenvalue weighted by molar-refractivity contribution is 0.0619. The van der Waals surface area contributed by atoms with E-state index in [1.54, 1.807) is 17.0 Å². The molecule has 5 nitrogen and oxygen atoms in total. The Bertz CT molecular complexity index is 723. The number of H-pyrrole nitrogens is 1. The molecule has 2 aromatic rings. The van der Waals surface area contributed by atoms with Crippen LogP contribution in [0.25, 0.3) is 10.9 Å². The van der Waals surface area contributed by atoms with Crippen molar-refractivity contribution in [2.75, 3.05) is 19.7 Å². The minimum absolute atomic E-state index is 0.0812. The minimum Gasteiger partial charge on any atom is -0.396 e. The molecule has 1 unspecified atom stereocenters. The molecule has 1 atom stereocenters. The highest BCUT2D eigenvalue weighted by molar-refractivity contribution is 5.97. The number of pyridine rings is 1. The van der Waals surface area contributed by atoms with Gasteiger partial charge in [0, 0.05) is 36.8 Å². The number of rotatable bonds is 2. The van der Waals surface area contributed by atoms with Gasteiger partial charge in [0.05, 0.1) is 0 Å². The van der Waals surface area contributed by atoms with Gasteiger partial charge in [0.25, 0.3) is 5.91 Å². The van der Waals surface area contributed by atoms with Crippen LogP contribution in [-0.2, 0) is 0 Å². The fourth-order valence-corrected chi connectivity index (χ4v) is 2.90. The summed E-state index contributed by atoms with van der Waals surface area (Å²) in [4.78, 5) is 29.7. The average Bonchev–Trinajstić information content (AvgIpc) is 2.55. The summed E-state index contributed by atoms with van der Waals surface area (Å²) in [7, 11) is 0. The number of aromatic nitrogens is 1. The highest BCUT2D eigenvalue weighted by atomic mass is 16.3. The summed E-state index contributed by atoms with van der Waals surface area (Å²) >= 11 is 0. The number of hydrogen-bond acceptors (Lipinski definition) is 3. The first-order valence-electron chi connectivity index (χ1n) is 7.21. The van der Waals surface area contributed by atoms with Crippen LogP contribution in [0.5, 0.6) is 0 Å². The molecule has 1 fully saturated rings. The summed E-state index contributed by atoms with van der Waals surface area (Å²) in [6.07, 6.45) is 3.28. The fourth-order valence-electron chi connectivity index (χ4n) is 2.90. The van der Waals surface area contributed by atoms with E-state index in [1.807, 2.05) is 12.1 Å². The second kappa shape index (κ2) is 5.69. The van der Waals surface area contributed by atoms with E-state index >= 15 is 0 Å². The summed E-state index contributed by atoms with van der Waals surface area (Å²) in [5.74, 6) is -0.137. The van der Waals surface area contributed by atoms with E-state index < -0.39 is 0 Å². The van der Waals surface area contributed by atoms with Crippen molar-refractivity contribution in [3.63, 3.8) is 0 Å². The van der Waals surface area contributed by atoms with Gasteiger partial charge in [-0.05, 0) is 30.9 Å². The van der Waals surface area contributed by atoms with Gasteiger partial charge in [-0.1, -0.05) is 12.1 Å². The molecule has 1 aromatic carbocycles. The number of amides is 1. The molecular formula is C16H18N2O3. The van der Waals surface area contributed by atoms with Crippen LogP contribution >= 0.6 is 0 Å². The highest BCUT2D eigenvalue weighted by Crippen LogP contribution is 2.17. The van der Waals surface area contributed by atoms with E-state index in [9.17, 15) is 14.7 Å². The first kappa shape index (κ1) is 13.8. The van der Waals surface area contributed by atoms with Crippen molar-refractivity contribution in [2.24, 2.45) is 5.92 Å². The van der Waals surface area contributed by atoms with Gasteiger partial charge in [-0.15, -0.1) is 0 Å². The lowest BCUT2D eigenvalue weighted by Gasteiger charge is -2.31. The van der Waals surface area contributed by atoms with Gasteiger partial charge in [-0.2, -0.15) is 0 Å². The van der Waals surface area contributed by atoms with E-state index in [1.165, 1.54) is 6.20 Å². The number of aliphatic hydroxyl groups is 1. The lowest BCUT2D eigenvalue weighted by Crippen LogP contribution is -2.42. The van der Waals surface area contributed by atoms with Crippen molar-refractivity contribution in [1.29, 1.82) is 0 Å². The zero-order valence-corrected chi connectivity index (χ0v) is 11.7. The molecule has 0 bridgehead atoms. The van der Waals surface area contributed by atoms with Crippen molar-refractivity contribution in [2.45, 2.75) is 12.8 Å². The zero-order valence-electron chi connectivity index (χ0n) is 11.7. The molecule has 0 saturated carbocycles. The molecule has 1 amide bonds. The molecule has 2 heterocycles. The largest absolute Gasteiger partial charge is 0.396 e. The standard InChI is InChI=1S/C16H18N2O3/c19-10-11-4-3-7-18(9-11)16(21)13-8-17-14-6-2-1-5-12(14)15(13)20/h1-2,5-6,8,11,19H,3-4,7,9-10H2,(H,17,20). The van der Waals surface area contributed by atoms with Crippen molar-refractivity contribution < 1.29 is 9.90 Å². The summed E-state index contributed by atoms with van der Waals surface area (Å²) < 4.78 is 0. The lowest BCUT2D eigenvalue weighted by atomic mass is 9.98. The van der Waals surface area contributed by atoms with Crippen LogP contribution in [0.15, 0.2) is 35.3 Å². The highest BCUT2D eigenvalue weighted by Gasteiger charge is 2.25. The first-order valence-corrected chi connectivity index (χ1v) is 7.21. The number of nitrogens with zero attached hydrogens (tertiary/aromatic N) is 1. The van der Waals surface area contributed by atoms with E-state index in [0.29, 0.717) is 18.5 Å². The van der Waals surface area contributed by atoms with Crippen molar-refractivity contribution in [3.8, 4) is 0 Å². The van der Waals surface area contributed by atoms with Crippen LogP contribution in [0.4, 0.5) is 0 Å². The third-order valence-corrected chi connectivity index (χ3v) is 4.08. The smallest absolute Gasteiger partial charge is 0.259 e. The molecule has 0 spiro atoms. The van der Waals surface area contributed by atoms with Gasteiger partial charge in [0.1, 0.15) is 5.56 Å². The molecule has 1 aromatic heterocycles. The monoisotopic (exact) mass is 286 g/mol. The molecule has 1 aliphatic heterocycles. The van der Waals surface area contributed by atoms with Crippen molar-refractivity contribution in [3.05, 3.63) is 46.2 Å². The molecule has 2 N–H and O–H groups in total. The number of hydrogen-bond donors (Lipinski definition) is 2. The number of para-hydroxylation sites is 1. The third-order valence-electron chi connectivity index (χ3n) is 4.08. The summed E-state index contributed by atoms with van der Waals surface area (Å²) in [5.41, 5.74) is 0.665. The van der Waals surface area contributed by atoms with Crippen molar-refractivity contribution >= 4 is 16.8 Å². The van der Waals surface area contributed by atoms with E-state index in [4.69, 9.17) is 0 Å². The number of carbonyl (C=O) groups is 1. The normalized spacial score (nSPS) is 18.9. The maximum atomic E-state index is 12.6. The third kappa shape index (κ3) is 2.56. The SMILES string of the molecule is O=C(c1c[nH]c2ccccc2c1=O)N1CCCC(CO)C1. The molecule has 0 aliphatic carbocycles. The Morgan fingerprint density at radius 2 is 2.19 bits per heavy atom. The fraction of sp³-hybridized carbons (Fsp3) is 0.375. The molecule has 21 heavy (non-hydrogen) atoms. The summed E-state index contributed by atoms with van der Waals surface area (Å²) in [6, 6.07) is 7.16. The minimum atomic E-state index is -0.250. The number of likely N-dealkylation sites (tertiary alicyclic amines) is 1. The van der Waals surface area contributed by atoms with Crippen LogP contribution in [0.1, 0.15) is 23.2 Å². The van der Waals surface area contributed by atoms with Gasteiger partial charge in [0.2, 0.25) is 5.43 Å². The maximum Gasteiger partial charge on any atom is 0.259 e. The Hall–Kier alpha value is -2.14. The van der Waals surface area contributed by atoms with Crippen LogP contribution < -0.4 is 5.43 Å². The number of aliphatic hydroxyl groups excluding tert-OH is 1. The number of fused-ring (bicyclic) bond motifs is 1. The van der Waals surface area contributed by atoms with Crippen LogP contribution in [0, 0.1) is 5.92 Å². The molecular weight excluding hydrogens is 268 g/mol. The summed E-state index contributed by atoms with van der Waals surface area (Å²) in [5, 5.41) is 9.78. The van der Waals surface area contributed by atoms with Gasteiger partial charge in [-0.25, -0.2) is 0 Å². The average molecular weight is 286 g/mol. The van der Waals surface area contributed by atoms with E-state index in [0.717, 1.165) is 18.4 Å². The number of nitrogens with one attached hydrogen (secondary N) is 1. The Morgan fingerprint density at radius 3 is 3.00 bits per heavy atom. The number of piperidine rings is 1. The zero-order chi connectivity index (χ0) is 14.8. The van der Waals surface area contributed by atoms with Crippen LogP contribution in [-0.4, -0.2) is 40.6 Å². The predicted molar refractivity (Wildman–Crippen MR) is 80.3 cm³/mol. The molecule has 110 valence electrons.